The molecule has 1 amide bonds. The predicted octanol–water partition coefficient (Wildman–Crippen LogP) is 3.94. The summed E-state index contributed by atoms with van der Waals surface area (Å²) in [7, 11) is 0. The zero-order chi connectivity index (χ0) is 20.3. The number of hydrogen-bond acceptors (Lipinski definition) is 6. The highest BCUT2D eigenvalue weighted by atomic mass is 32.2. The van der Waals surface area contributed by atoms with Crippen LogP contribution >= 0.6 is 11.8 Å². The first kappa shape index (κ1) is 19.7. The van der Waals surface area contributed by atoms with Crippen molar-refractivity contribution in [2.75, 3.05) is 32.1 Å². The quantitative estimate of drug-likeness (QED) is 0.672. The van der Waals surface area contributed by atoms with Gasteiger partial charge in [0.2, 0.25) is 5.91 Å². The summed E-state index contributed by atoms with van der Waals surface area (Å²) in [5, 5.41) is 9.79. The minimum Gasteiger partial charge on any atom is -0.490 e. The number of likely N-dealkylation sites (tertiary alicyclic amines) is 1. The number of aromatic nitrogens is 3. The van der Waals surface area contributed by atoms with Crippen molar-refractivity contribution in [2.45, 2.75) is 56.1 Å². The third-order valence-corrected chi connectivity index (χ3v) is 6.79. The van der Waals surface area contributed by atoms with Crippen molar-refractivity contribution in [1.29, 1.82) is 0 Å². The number of thioether (sulfide) groups is 1. The topological polar surface area (TPSA) is 69.5 Å². The second-order valence-corrected chi connectivity index (χ2v) is 9.15. The van der Waals surface area contributed by atoms with E-state index in [1.807, 2.05) is 23.1 Å². The van der Waals surface area contributed by atoms with Crippen molar-refractivity contribution in [3.05, 3.63) is 18.2 Å². The molecule has 5 rings (SSSR count). The second kappa shape index (κ2) is 8.88. The highest BCUT2D eigenvalue weighted by Crippen LogP contribution is 2.42. The molecule has 2 aliphatic heterocycles. The molecule has 30 heavy (non-hydrogen) atoms. The normalized spacial score (nSPS) is 19.3. The Bertz CT molecular complexity index is 904. The van der Waals surface area contributed by atoms with E-state index in [1.165, 1.54) is 24.6 Å². The van der Waals surface area contributed by atoms with Crippen molar-refractivity contribution in [2.24, 2.45) is 0 Å². The largest absolute Gasteiger partial charge is 0.490 e. The predicted molar refractivity (Wildman–Crippen MR) is 115 cm³/mol. The average Bonchev–Trinajstić information content (AvgIpc) is 3.58. The van der Waals surface area contributed by atoms with Gasteiger partial charge in [-0.3, -0.25) is 9.36 Å². The molecule has 2 aromatic rings. The summed E-state index contributed by atoms with van der Waals surface area (Å²) in [5.74, 6) is 3.03. The summed E-state index contributed by atoms with van der Waals surface area (Å²) in [6.45, 7) is 3.11. The smallest absolute Gasteiger partial charge is 0.233 e. The first-order chi connectivity index (χ1) is 14.8. The summed E-state index contributed by atoms with van der Waals surface area (Å²) in [6.07, 6.45) is 7.82. The van der Waals surface area contributed by atoms with Crippen LogP contribution in [-0.4, -0.2) is 57.6 Å². The number of carbonyl (C=O) groups excluding carboxylic acids is 1. The summed E-state index contributed by atoms with van der Waals surface area (Å²) >= 11 is 1.51. The number of fused-ring (bicyclic) bond motifs is 1. The van der Waals surface area contributed by atoms with Gasteiger partial charge in [0.15, 0.2) is 22.5 Å². The Morgan fingerprint density at radius 3 is 2.53 bits per heavy atom. The van der Waals surface area contributed by atoms with Gasteiger partial charge in [0.1, 0.15) is 0 Å². The Balaban J connectivity index is 1.34. The van der Waals surface area contributed by atoms with Crippen molar-refractivity contribution >= 4 is 17.7 Å². The third kappa shape index (κ3) is 4.29. The van der Waals surface area contributed by atoms with Crippen LogP contribution in [0.25, 0.3) is 11.4 Å². The highest BCUT2D eigenvalue weighted by molar-refractivity contribution is 7.99. The van der Waals surface area contributed by atoms with E-state index in [0.717, 1.165) is 73.2 Å². The van der Waals surface area contributed by atoms with Crippen LogP contribution in [0.5, 0.6) is 11.5 Å². The van der Waals surface area contributed by atoms with E-state index in [4.69, 9.17) is 9.47 Å². The molecule has 1 aromatic carbocycles. The van der Waals surface area contributed by atoms with Gasteiger partial charge >= 0.3 is 0 Å². The number of rotatable bonds is 5. The molecule has 7 nitrogen and oxygen atoms in total. The van der Waals surface area contributed by atoms with E-state index in [2.05, 4.69) is 14.8 Å². The maximum atomic E-state index is 12.7. The lowest BCUT2D eigenvalue weighted by Crippen LogP contribution is -2.33. The highest BCUT2D eigenvalue weighted by Gasteiger charge is 2.31. The number of amides is 1. The summed E-state index contributed by atoms with van der Waals surface area (Å²) < 4.78 is 13.8. The van der Waals surface area contributed by atoms with Crippen molar-refractivity contribution in [3.63, 3.8) is 0 Å². The van der Waals surface area contributed by atoms with Gasteiger partial charge in [-0.1, -0.05) is 24.6 Å². The van der Waals surface area contributed by atoms with E-state index in [0.29, 0.717) is 25.0 Å². The van der Waals surface area contributed by atoms with E-state index in [9.17, 15) is 4.79 Å². The molecule has 0 N–H and O–H groups in total. The van der Waals surface area contributed by atoms with Gasteiger partial charge in [-0.05, 0) is 43.9 Å². The van der Waals surface area contributed by atoms with Crippen molar-refractivity contribution in [1.82, 2.24) is 19.7 Å². The van der Waals surface area contributed by atoms with Crippen LogP contribution in [0.15, 0.2) is 23.4 Å². The molecule has 1 aliphatic carbocycles. The summed E-state index contributed by atoms with van der Waals surface area (Å²) in [5.41, 5.74) is 0.976. The Labute approximate surface area is 181 Å². The zero-order valence-electron chi connectivity index (χ0n) is 17.2. The number of ether oxygens (including phenoxy) is 2. The fourth-order valence-corrected chi connectivity index (χ4v) is 4.98. The number of benzene rings is 1. The Morgan fingerprint density at radius 1 is 1.00 bits per heavy atom. The first-order valence-corrected chi connectivity index (χ1v) is 12.0. The third-order valence-electron chi connectivity index (χ3n) is 5.87. The molecule has 3 aliphatic rings. The van der Waals surface area contributed by atoms with Crippen LogP contribution in [0.2, 0.25) is 0 Å². The van der Waals surface area contributed by atoms with E-state index in [-0.39, 0.29) is 5.91 Å². The molecule has 0 bridgehead atoms. The number of nitrogens with zero attached hydrogens (tertiary/aromatic N) is 4. The molecule has 1 saturated carbocycles. The number of carbonyl (C=O) groups is 1. The van der Waals surface area contributed by atoms with Crippen LogP contribution in [0.4, 0.5) is 0 Å². The molecule has 160 valence electrons. The molecule has 0 unspecified atom stereocenters. The second-order valence-electron chi connectivity index (χ2n) is 8.20. The van der Waals surface area contributed by atoms with Gasteiger partial charge in [0.05, 0.1) is 19.0 Å². The zero-order valence-corrected chi connectivity index (χ0v) is 18.0. The molecule has 3 heterocycles. The van der Waals surface area contributed by atoms with Crippen molar-refractivity contribution in [3.8, 4) is 22.9 Å². The van der Waals surface area contributed by atoms with Crippen molar-refractivity contribution < 1.29 is 14.3 Å². The van der Waals surface area contributed by atoms with Gasteiger partial charge in [0.25, 0.3) is 0 Å². The standard InChI is InChI=1S/C22H28N4O3S/c27-20(25-10-3-1-2-4-11-25)15-30-22-24-23-21(26(22)17-7-8-17)16-6-9-18-19(14-16)29-13-5-12-28-18/h6,9,14,17H,1-5,7-8,10-13,15H2. The Morgan fingerprint density at radius 2 is 1.77 bits per heavy atom. The lowest BCUT2D eigenvalue weighted by Gasteiger charge is -2.20. The summed E-state index contributed by atoms with van der Waals surface area (Å²) in [4.78, 5) is 14.7. The molecule has 0 spiro atoms. The van der Waals surface area contributed by atoms with Gasteiger partial charge in [0, 0.05) is 31.1 Å². The molecule has 1 saturated heterocycles. The van der Waals surface area contributed by atoms with E-state index in [1.54, 1.807) is 0 Å². The minimum absolute atomic E-state index is 0.212. The molecule has 0 atom stereocenters. The van der Waals surface area contributed by atoms with Gasteiger partial charge in [-0.2, -0.15) is 0 Å². The molecule has 2 fully saturated rings. The molecule has 0 radical (unpaired) electrons. The van der Waals surface area contributed by atoms with Gasteiger partial charge < -0.3 is 14.4 Å². The van der Waals surface area contributed by atoms with Crippen LogP contribution in [0, 0.1) is 0 Å². The molecular weight excluding hydrogens is 400 g/mol. The van der Waals surface area contributed by atoms with E-state index < -0.39 is 0 Å². The molecule has 8 heteroatoms. The maximum Gasteiger partial charge on any atom is 0.233 e. The maximum absolute atomic E-state index is 12.7. The SMILES string of the molecule is O=C(CSc1nnc(-c2ccc3c(c2)OCCCO3)n1C1CC1)N1CCCCCC1. The molecule has 1 aromatic heterocycles. The average molecular weight is 429 g/mol. The fourth-order valence-electron chi connectivity index (χ4n) is 4.07. The lowest BCUT2D eigenvalue weighted by molar-refractivity contribution is -0.128. The first-order valence-electron chi connectivity index (χ1n) is 11.0. The van der Waals surface area contributed by atoms with Crippen LogP contribution in [-0.2, 0) is 4.79 Å². The van der Waals surface area contributed by atoms with E-state index >= 15 is 0 Å². The van der Waals surface area contributed by atoms with Crippen LogP contribution < -0.4 is 9.47 Å². The van der Waals surface area contributed by atoms with Gasteiger partial charge in [-0.25, -0.2) is 0 Å². The molecular formula is C22H28N4O3S. The Hall–Kier alpha value is -2.22. The minimum atomic E-state index is 0.212. The van der Waals surface area contributed by atoms with Crippen LogP contribution in [0.3, 0.4) is 0 Å². The Kier molecular flexibility index (Phi) is 5.84. The monoisotopic (exact) mass is 428 g/mol. The van der Waals surface area contributed by atoms with Gasteiger partial charge in [-0.15, -0.1) is 10.2 Å². The lowest BCUT2D eigenvalue weighted by atomic mass is 10.2. The summed E-state index contributed by atoms with van der Waals surface area (Å²) in [6, 6.07) is 6.40. The van der Waals surface area contributed by atoms with Crippen LogP contribution in [0.1, 0.15) is 51.0 Å². The number of hydrogen-bond donors (Lipinski definition) is 0. The fraction of sp³-hybridized carbons (Fsp3) is 0.591.